The summed E-state index contributed by atoms with van der Waals surface area (Å²) in [5.41, 5.74) is 1.77. The van der Waals surface area contributed by atoms with E-state index < -0.39 is 5.97 Å². The molecular formula is C13H12INO3. The SMILES string of the molecule is COC(=O)c1occc1CNc1ccc(I)cc1. The number of hydrogen-bond donors (Lipinski definition) is 1. The average molecular weight is 357 g/mol. The Balaban J connectivity index is 2.04. The monoisotopic (exact) mass is 357 g/mol. The van der Waals surface area contributed by atoms with E-state index in [0.29, 0.717) is 6.54 Å². The highest BCUT2D eigenvalue weighted by molar-refractivity contribution is 14.1. The van der Waals surface area contributed by atoms with E-state index in [0.717, 1.165) is 11.3 Å². The molecule has 0 unspecified atom stereocenters. The molecular weight excluding hydrogens is 345 g/mol. The summed E-state index contributed by atoms with van der Waals surface area (Å²) in [6.45, 7) is 0.515. The van der Waals surface area contributed by atoms with Gasteiger partial charge in [-0.3, -0.25) is 0 Å². The molecule has 0 amide bonds. The number of benzene rings is 1. The van der Waals surface area contributed by atoms with Crippen LogP contribution in [0.3, 0.4) is 0 Å². The lowest BCUT2D eigenvalue weighted by molar-refractivity contribution is 0.0563. The van der Waals surface area contributed by atoms with Gasteiger partial charge in [0.05, 0.1) is 13.4 Å². The van der Waals surface area contributed by atoms with Gasteiger partial charge in [0.25, 0.3) is 0 Å². The van der Waals surface area contributed by atoms with E-state index >= 15 is 0 Å². The molecule has 0 spiro atoms. The van der Waals surface area contributed by atoms with Gasteiger partial charge in [-0.05, 0) is 52.9 Å². The molecule has 0 saturated carbocycles. The zero-order valence-corrected chi connectivity index (χ0v) is 11.9. The van der Waals surface area contributed by atoms with Crippen molar-refractivity contribution < 1.29 is 13.9 Å². The topological polar surface area (TPSA) is 51.5 Å². The second-order valence-corrected chi connectivity index (χ2v) is 4.87. The van der Waals surface area contributed by atoms with Crippen molar-refractivity contribution in [3.8, 4) is 0 Å². The quantitative estimate of drug-likeness (QED) is 0.674. The molecule has 1 heterocycles. The van der Waals surface area contributed by atoms with Crippen LogP contribution in [0.15, 0.2) is 41.0 Å². The first-order valence-corrected chi connectivity index (χ1v) is 6.42. The van der Waals surface area contributed by atoms with Crippen molar-refractivity contribution in [1.29, 1.82) is 0 Å². The Morgan fingerprint density at radius 2 is 2.06 bits per heavy atom. The van der Waals surface area contributed by atoms with Crippen LogP contribution in [0, 0.1) is 3.57 Å². The zero-order chi connectivity index (χ0) is 13.0. The third-order valence-corrected chi connectivity index (χ3v) is 3.16. The summed E-state index contributed by atoms with van der Waals surface area (Å²) >= 11 is 2.25. The normalized spacial score (nSPS) is 10.1. The van der Waals surface area contributed by atoms with Gasteiger partial charge in [-0.2, -0.15) is 0 Å². The molecule has 18 heavy (non-hydrogen) atoms. The minimum absolute atomic E-state index is 0.246. The first kappa shape index (κ1) is 12.9. The summed E-state index contributed by atoms with van der Waals surface area (Å²) in [5, 5.41) is 3.22. The number of nitrogens with one attached hydrogen (secondary N) is 1. The maximum Gasteiger partial charge on any atom is 0.374 e. The highest BCUT2D eigenvalue weighted by Crippen LogP contribution is 2.16. The maximum absolute atomic E-state index is 11.4. The number of rotatable bonds is 4. The van der Waals surface area contributed by atoms with Gasteiger partial charge in [-0.1, -0.05) is 0 Å². The molecule has 0 radical (unpaired) electrons. The van der Waals surface area contributed by atoms with E-state index in [9.17, 15) is 4.79 Å². The molecule has 0 aliphatic heterocycles. The lowest BCUT2D eigenvalue weighted by atomic mass is 10.2. The van der Waals surface area contributed by atoms with Crippen LogP contribution in [0.25, 0.3) is 0 Å². The van der Waals surface area contributed by atoms with Crippen molar-refractivity contribution in [1.82, 2.24) is 0 Å². The van der Waals surface area contributed by atoms with Crippen molar-refractivity contribution in [2.75, 3.05) is 12.4 Å². The molecule has 2 aromatic rings. The van der Waals surface area contributed by atoms with E-state index in [1.165, 1.54) is 16.9 Å². The van der Waals surface area contributed by atoms with Crippen molar-refractivity contribution >= 4 is 34.2 Å². The standard InChI is InChI=1S/C13H12INO3/c1-17-13(16)12-9(6-7-18-12)8-15-11-4-2-10(14)3-5-11/h2-7,15H,8H2,1H3. The number of carbonyl (C=O) groups excluding carboxylic acids is 1. The molecule has 5 heteroatoms. The van der Waals surface area contributed by atoms with Gasteiger partial charge >= 0.3 is 5.97 Å². The van der Waals surface area contributed by atoms with Crippen molar-refractivity contribution in [2.24, 2.45) is 0 Å². The molecule has 1 N–H and O–H groups in total. The summed E-state index contributed by atoms with van der Waals surface area (Å²) in [7, 11) is 1.33. The Labute approximate surface area is 118 Å². The summed E-state index contributed by atoms with van der Waals surface area (Å²) < 4.78 is 10.9. The lowest BCUT2D eigenvalue weighted by Crippen LogP contribution is -2.06. The van der Waals surface area contributed by atoms with Gasteiger partial charge in [0.1, 0.15) is 0 Å². The number of ether oxygens (including phenoxy) is 1. The number of carbonyl (C=O) groups is 1. The number of esters is 1. The Bertz CT molecular complexity index is 533. The van der Waals surface area contributed by atoms with Gasteiger partial charge in [0.15, 0.2) is 0 Å². The van der Waals surface area contributed by atoms with Gasteiger partial charge < -0.3 is 14.5 Å². The fourth-order valence-corrected chi connectivity index (χ4v) is 1.87. The molecule has 0 atom stereocenters. The fourth-order valence-electron chi connectivity index (χ4n) is 1.51. The van der Waals surface area contributed by atoms with E-state index in [4.69, 9.17) is 4.42 Å². The summed E-state index contributed by atoms with van der Waals surface area (Å²) in [5.74, 6) is -0.213. The number of halogens is 1. The smallest absolute Gasteiger partial charge is 0.374 e. The number of hydrogen-bond acceptors (Lipinski definition) is 4. The van der Waals surface area contributed by atoms with Crippen LogP contribution in [0.4, 0.5) is 5.69 Å². The minimum atomic E-state index is -0.459. The van der Waals surface area contributed by atoms with Crippen LogP contribution >= 0.6 is 22.6 Å². The van der Waals surface area contributed by atoms with Crippen molar-refractivity contribution in [2.45, 2.75) is 6.54 Å². The van der Waals surface area contributed by atoms with Crippen molar-refractivity contribution in [3.63, 3.8) is 0 Å². The number of furan rings is 1. The first-order valence-electron chi connectivity index (χ1n) is 5.35. The van der Waals surface area contributed by atoms with Crippen LogP contribution in [0.2, 0.25) is 0 Å². The van der Waals surface area contributed by atoms with E-state index in [2.05, 4.69) is 32.6 Å². The minimum Gasteiger partial charge on any atom is -0.463 e. The molecule has 0 saturated heterocycles. The lowest BCUT2D eigenvalue weighted by Gasteiger charge is -2.06. The second-order valence-electron chi connectivity index (χ2n) is 3.63. The maximum atomic E-state index is 11.4. The predicted molar refractivity (Wildman–Crippen MR) is 76.5 cm³/mol. The Morgan fingerprint density at radius 3 is 2.72 bits per heavy atom. The summed E-state index contributed by atoms with van der Waals surface area (Å²) in [4.78, 5) is 11.4. The largest absolute Gasteiger partial charge is 0.463 e. The second kappa shape index (κ2) is 5.90. The summed E-state index contributed by atoms with van der Waals surface area (Å²) in [6, 6.07) is 9.75. The Morgan fingerprint density at radius 1 is 1.33 bits per heavy atom. The molecule has 4 nitrogen and oxygen atoms in total. The third kappa shape index (κ3) is 3.04. The van der Waals surface area contributed by atoms with Gasteiger partial charge in [-0.15, -0.1) is 0 Å². The molecule has 0 aliphatic rings. The highest BCUT2D eigenvalue weighted by atomic mass is 127. The molecule has 0 aliphatic carbocycles. The number of methoxy groups -OCH3 is 1. The van der Waals surface area contributed by atoms with Crippen LogP contribution in [0.5, 0.6) is 0 Å². The van der Waals surface area contributed by atoms with Gasteiger partial charge in [0, 0.05) is 21.4 Å². The average Bonchev–Trinajstić information content (AvgIpc) is 2.85. The first-order chi connectivity index (χ1) is 8.70. The van der Waals surface area contributed by atoms with Crippen LogP contribution in [-0.2, 0) is 11.3 Å². The van der Waals surface area contributed by atoms with Gasteiger partial charge in [0.2, 0.25) is 5.76 Å². The van der Waals surface area contributed by atoms with Crippen molar-refractivity contribution in [3.05, 3.63) is 51.5 Å². The zero-order valence-electron chi connectivity index (χ0n) is 9.77. The molecule has 94 valence electrons. The number of anilines is 1. The third-order valence-electron chi connectivity index (χ3n) is 2.44. The van der Waals surface area contributed by atoms with Gasteiger partial charge in [-0.25, -0.2) is 4.79 Å². The molecule has 0 fully saturated rings. The van der Waals surface area contributed by atoms with E-state index in [-0.39, 0.29) is 5.76 Å². The molecule has 1 aromatic carbocycles. The van der Waals surface area contributed by atoms with E-state index in [1.807, 2.05) is 24.3 Å². The fraction of sp³-hybridized carbons (Fsp3) is 0.154. The molecule has 1 aromatic heterocycles. The van der Waals surface area contributed by atoms with Crippen LogP contribution in [-0.4, -0.2) is 13.1 Å². The van der Waals surface area contributed by atoms with E-state index in [1.54, 1.807) is 6.07 Å². The molecule has 2 rings (SSSR count). The van der Waals surface area contributed by atoms with Crippen LogP contribution < -0.4 is 5.32 Å². The van der Waals surface area contributed by atoms with Crippen LogP contribution in [0.1, 0.15) is 16.1 Å². The summed E-state index contributed by atoms with van der Waals surface area (Å²) in [6.07, 6.45) is 1.48. The Kier molecular flexibility index (Phi) is 4.24. The molecule has 0 bridgehead atoms. The predicted octanol–water partition coefficient (Wildman–Crippen LogP) is 3.28. The Hall–Kier alpha value is -1.50. The highest BCUT2D eigenvalue weighted by Gasteiger charge is 2.15.